The Morgan fingerprint density at radius 3 is 2.00 bits per heavy atom. The van der Waals surface area contributed by atoms with Crippen LogP contribution in [0.15, 0.2) is 42.5 Å². The van der Waals surface area contributed by atoms with Gasteiger partial charge in [0.2, 0.25) is 0 Å². The molecular weight excluding hydrogens is 240 g/mol. The third kappa shape index (κ3) is 4.76. The van der Waals surface area contributed by atoms with E-state index in [0.717, 1.165) is 29.3 Å². The lowest BCUT2D eigenvalue weighted by Crippen LogP contribution is -1.80. The molecule has 98 valence electrons. The molecule has 0 saturated carbocycles. The molecule has 19 heavy (non-hydrogen) atoms. The Labute approximate surface area is 112 Å². The van der Waals surface area contributed by atoms with Crippen molar-refractivity contribution in [3.8, 4) is 5.75 Å². The van der Waals surface area contributed by atoms with Gasteiger partial charge in [0, 0.05) is 11.1 Å². The molecule has 0 atom stereocenters. The average Bonchev–Trinajstić information content (AvgIpc) is 2.42. The van der Waals surface area contributed by atoms with Gasteiger partial charge in [-0.1, -0.05) is 23.8 Å². The van der Waals surface area contributed by atoms with E-state index in [2.05, 4.69) is 0 Å². The molecule has 0 aliphatic rings. The van der Waals surface area contributed by atoms with E-state index in [0.29, 0.717) is 5.56 Å². The maximum atomic E-state index is 10.2. The highest BCUT2D eigenvalue weighted by atomic mass is 16.3. The van der Waals surface area contributed by atoms with Crippen molar-refractivity contribution in [3.05, 3.63) is 64.7 Å². The highest BCUT2D eigenvalue weighted by molar-refractivity contribution is 5.75. The Hall–Kier alpha value is -2.42. The van der Waals surface area contributed by atoms with Crippen molar-refractivity contribution in [2.45, 2.75) is 13.8 Å². The van der Waals surface area contributed by atoms with Gasteiger partial charge in [-0.2, -0.15) is 0 Å². The third-order valence-corrected chi connectivity index (χ3v) is 2.54. The molecule has 0 aliphatic carbocycles. The molecule has 0 heterocycles. The minimum atomic E-state index is 0.227. The summed E-state index contributed by atoms with van der Waals surface area (Å²) in [5.41, 5.74) is 3.19. The van der Waals surface area contributed by atoms with Gasteiger partial charge in [-0.05, 0) is 43.7 Å². The van der Waals surface area contributed by atoms with Crippen molar-refractivity contribution >= 4 is 12.6 Å². The second kappa shape index (κ2) is 7.11. The van der Waals surface area contributed by atoms with Gasteiger partial charge in [0.05, 0.1) is 0 Å². The van der Waals surface area contributed by atoms with Crippen molar-refractivity contribution in [2.24, 2.45) is 0 Å². The van der Waals surface area contributed by atoms with Crippen molar-refractivity contribution < 1.29 is 14.7 Å². The van der Waals surface area contributed by atoms with Gasteiger partial charge < -0.3 is 5.11 Å². The lowest BCUT2D eigenvalue weighted by molar-refractivity contribution is 0.111. The highest BCUT2D eigenvalue weighted by Crippen LogP contribution is 2.15. The fourth-order valence-corrected chi connectivity index (χ4v) is 1.50. The Kier molecular flexibility index (Phi) is 5.48. The molecular formula is C16H16O3. The molecule has 0 bridgehead atoms. The number of aryl methyl sites for hydroxylation is 2. The predicted octanol–water partition coefficient (Wildman–Crippen LogP) is 3.32. The summed E-state index contributed by atoms with van der Waals surface area (Å²) in [5, 5.41) is 9.02. The molecule has 0 saturated heterocycles. The fourth-order valence-electron chi connectivity index (χ4n) is 1.50. The zero-order valence-corrected chi connectivity index (χ0v) is 11.0. The number of benzene rings is 2. The molecule has 3 heteroatoms. The van der Waals surface area contributed by atoms with Crippen LogP contribution in [0.3, 0.4) is 0 Å². The average molecular weight is 256 g/mol. The van der Waals surface area contributed by atoms with E-state index in [1.54, 1.807) is 25.1 Å². The number of hydrogen-bond acceptors (Lipinski definition) is 3. The minimum Gasteiger partial charge on any atom is -0.508 e. The number of phenols is 1. The first-order chi connectivity index (χ1) is 9.06. The number of hydrogen-bond donors (Lipinski definition) is 1. The van der Waals surface area contributed by atoms with Crippen LogP contribution < -0.4 is 0 Å². The zero-order valence-electron chi connectivity index (χ0n) is 11.0. The van der Waals surface area contributed by atoms with Gasteiger partial charge in [-0.3, -0.25) is 9.59 Å². The van der Waals surface area contributed by atoms with Crippen LogP contribution in [0.25, 0.3) is 0 Å². The number of phenolic OH excluding ortho intramolecular Hbond substituents is 1. The summed E-state index contributed by atoms with van der Waals surface area (Å²) in [6, 6.07) is 12.2. The molecule has 2 aromatic carbocycles. The quantitative estimate of drug-likeness (QED) is 0.838. The summed E-state index contributed by atoms with van der Waals surface area (Å²) < 4.78 is 0. The van der Waals surface area contributed by atoms with Crippen molar-refractivity contribution in [1.29, 1.82) is 0 Å². The van der Waals surface area contributed by atoms with Crippen molar-refractivity contribution in [1.82, 2.24) is 0 Å². The first kappa shape index (κ1) is 14.6. The second-order valence-electron chi connectivity index (χ2n) is 4.20. The van der Waals surface area contributed by atoms with E-state index in [9.17, 15) is 9.59 Å². The largest absolute Gasteiger partial charge is 0.508 e. The van der Waals surface area contributed by atoms with E-state index in [1.807, 2.05) is 25.1 Å². The third-order valence-electron chi connectivity index (χ3n) is 2.54. The Morgan fingerprint density at radius 2 is 1.53 bits per heavy atom. The monoisotopic (exact) mass is 256 g/mol. The van der Waals surface area contributed by atoms with Crippen LogP contribution in [0.5, 0.6) is 5.75 Å². The Bertz CT molecular complexity index is 574. The second-order valence-corrected chi connectivity index (χ2v) is 4.20. The summed E-state index contributed by atoms with van der Waals surface area (Å²) in [4.78, 5) is 20.3. The summed E-state index contributed by atoms with van der Waals surface area (Å²) in [6.07, 6.45) is 1.61. The smallest absolute Gasteiger partial charge is 0.150 e. The first-order valence-electron chi connectivity index (χ1n) is 5.83. The van der Waals surface area contributed by atoms with Gasteiger partial charge in [-0.25, -0.2) is 0 Å². The SMILES string of the molecule is Cc1cc(C=O)ccc1O.Cc1cccc(C=O)c1. The molecule has 2 rings (SSSR count). The normalized spacial score (nSPS) is 9.16. The maximum absolute atomic E-state index is 10.2. The van der Waals surface area contributed by atoms with Crippen LogP contribution in [-0.4, -0.2) is 17.7 Å². The van der Waals surface area contributed by atoms with E-state index >= 15 is 0 Å². The van der Waals surface area contributed by atoms with Crippen LogP contribution in [0.4, 0.5) is 0 Å². The molecule has 0 amide bonds. The molecule has 3 nitrogen and oxygen atoms in total. The summed E-state index contributed by atoms with van der Waals surface area (Å²) in [6.45, 7) is 3.72. The maximum Gasteiger partial charge on any atom is 0.150 e. The number of aldehydes is 2. The number of carbonyl (C=O) groups excluding carboxylic acids is 2. The van der Waals surface area contributed by atoms with Gasteiger partial charge in [0.1, 0.15) is 18.3 Å². The molecule has 0 aromatic heterocycles. The van der Waals surface area contributed by atoms with E-state index in [1.165, 1.54) is 6.07 Å². The van der Waals surface area contributed by atoms with E-state index < -0.39 is 0 Å². The molecule has 0 fully saturated rings. The summed E-state index contributed by atoms with van der Waals surface area (Å²) in [5.74, 6) is 0.227. The topological polar surface area (TPSA) is 54.4 Å². The molecule has 0 aliphatic heterocycles. The van der Waals surface area contributed by atoms with Crippen LogP contribution in [0.1, 0.15) is 31.8 Å². The Balaban J connectivity index is 0.000000191. The lowest BCUT2D eigenvalue weighted by atomic mass is 10.1. The fraction of sp³-hybridized carbons (Fsp3) is 0.125. The molecule has 2 aromatic rings. The van der Waals surface area contributed by atoms with Gasteiger partial charge in [0.15, 0.2) is 0 Å². The Morgan fingerprint density at radius 1 is 0.895 bits per heavy atom. The van der Waals surface area contributed by atoms with Gasteiger partial charge in [-0.15, -0.1) is 0 Å². The standard InChI is InChI=1S/C8H8O2.C8H8O/c1-6-4-7(5-9)2-3-8(6)10;1-7-3-2-4-8(5-7)6-9/h2-5,10H,1H3;2-6H,1H3. The lowest BCUT2D eigenvalue weighted by Gasteiger charge is -1.96. The van der Waals surface area contributed by atoms with Crippen LogP contribution in [0.2, 0.25) is 0 Å². The van der Waals surface area contributed by atoms with Gasteiger partial charge >= 0.3 is 0 Å². The van der Waals surface area contributed by atoms with Crippen LogP contribution >= 0.6 is 0 Å². The van der Waals surface area contributed by atoms with Crippen molar-refractivity contribution in [2.75, 3.05) is 0 Å². The summed E-state index contributed by atoms with van der Waals surface area (Å²) >= 11 is 0. The van der Waals surface area contributed by atoms with Gasteiger partial charge in [0.25, 0.3) is 0 Å². The van der Waals surface area contributed by atoms with Crippen LogP contribution in [-0.2, 0) is 0 Å². The number of carbonyl (C=O) groups is 2. The van der Waals surface area contributed by atoms with E-state index in [-0.39, 0.29) is 5.75 Å². The number of rotatable bonds is 2. The highest BCUT2D eigenvalue weighted by Gasteiger charge is 1.94. The zero-order chi connectivity index (χ0) is 14.3. The molecule has 0 radical (unpaired) electrons. The molecule has 0 spiro atoms. The van der Waals surface area contributed by atoms with Crippen LogP contribution in [0, 0.1) is 13.8 Å². The number of aromatic hydroxyl groups is 1. The summed E-state index contributed by atoms with van der Waals surface area (Å²) in [7, 11) is 0. The molecule has 1 N–H and O–H groups in total. The molecule has 0 unspecified atom stereocenters. The minimum absolute atomic E-state index is 0.227. The predicted molar refractivity (Wildman–Crippen MR) is 74.8 cm³/mol. The van der Waals surface area contributed by atoms with E-state index in [4.69, 9.17) is 5.11 Å². The first-order valence-corrected chi connectivity index (χ1v) is 5.83. The van der Waals surface area contributed by atoms with Crippen molar-refractivity contribution in [3.63, 3.8) is 0 Å².